The van der Waals surface area contributed by atoms with Crippen LogP contribution in [0, 0.1) is 5.82 Å². The second-order valence-corrected chi connectivity index (χ2v) is 3.69. The van der Waals surface area contributed by atoms with Crippen molar-refractivity contribution < 1.29 is 9.13 Å². The van der Waals surface area contributed by atoms with Crippen LogP contribution in [0.3, 0.4) is 0 Å². The van der Waals surface area contributed by atoms with E-state index in [2.05, 4.69) is 0 Å². The molecule has 2 rings (SSSR count). The van der Waals surface area contributed by atoms with E-state index in [1.807, 2.05) is 6.07 Å². The molecule has 76 valence electrons. The quantitative estimate of drug-likeness (QED) is 0.778. The van der Waals surface area contributed by atoms with E-state index in [1.165, 1.54) is 0 Å². The fourth-order valence-corrected chi connectivity index (χ4v) is 1.92. The third kappa shape index (κ3) is 1.52. The van der Waals surface area contributed by atoms with Crippen LogP contribution < -0.4 is 5.73 Å². The van der Waals surface area contributed by atoms with Crippen LogP contribution in [0.5, 0.6) is 0 Å². The van der Waals surface area contributed by atoms with E-state index < -0.39 is 0 Å². The Kier molecular flexibility index (Phi) is 2.72. The van der Waals surface area contributed by atoms with Crippen LogP contribution in [0.4, 0.5) is 4.39 Å². The first-order valence-corrected chi connectivity index (χ1v) is 4.90. The van der Waals surface area contributed by atoms with E-state index in [-0.39, 0.29) is 23.5 Å². The van der Waals surface area contributed by atoms with Crippen LogP contribution in [0.15, 0.2) is 12.1 Å². The normalized spacial score (nSPS) is 20.6. The Morgan fingerprint density at radius 1 is 1.57 bits per heavy atom. The fraction of sp³-hybridized carbons (Fsp3) is 0.400. The third-order valence-corrected chi connectivity index (χ3v) is 2.74. The Bertz CT molecular complexity index is 356. The standard InChI is InChI=1S/C10H11ClFNO/c11-7-2-1-6-3-4-14-8(5-13)9(6)10(7)12/h1-2,8H,3-5,13H2/t8-/m0/s1. The summed E-state index contributed by atoms with van der Waals surface area (Å²) in [5, 5.41) is 0.132. The zero-order valence-corrected chi connectivity index (χ0v) is 8.35. The van der Waals surface area contributed by atoms with Gasteiger partial charge in [-0.15, -0.1) is 0 Å². The fourth-order valence-electron chi connectivity index (χ4n) is 1.75. The van der Waals surface area contributed by atoms with Crippen molar-refractivity contribution in [3.8, 4) is 0 Å². The van der Waals surface area contributed by atoms with Gasteiger partial charge in [0, 0.05) is 12.1 Å². The highest BCUT2D eigenvalue weighted by Gasteiger charge is 2.24. The van der Waals surface area contributed by atoms with Gasteiger partial charge in [-0.2, -0.15) is 0 Å². The summed E-state index contributed by atoms with van der Waals surface area (Å²) in [7, 11) is 0. The zero-order valence-electron chi connectivity index (χ0n) is 7.59. The molecule has 2 N–H and O–H groups in total. The van der Waals surface area contributed by atoms with E-state index in [0.717, 1.165) is 12.0 Å². The number of fused-ring (bicyclic) bond motifs is 1. The van der Waals surface area contributed by atoms with Crippen LogP contribution in [0.1, 0.15) is 17.2 Å². The number of benzene rings is 1. The summed E-state index contributed by atoms with van der Waals surface area (Å²) in [6, 6.07) is 3.42. The maximum absolute atomic E-state index is 13.7. The Morgan fingerprint density at radius 2 is 2.36 bits per heavy atom. The highest BCUT2D eigenvalue weighted by atomic mass is 35.5. The van der Waals surface area contributed by atoms with Crippen molar-refractivity contribution in [2.45, 2.75) is 12.5 Å². The van der Waals surface area contributed by atoms with Crippen molar-refractivity contribution in [2.75, 3.05) is 13.2 Å². The molecule has 0 fully saturated rings. The molecule has 4 heteroatoms. The Balaban J connectivity index is 2.53. The van der Waals surface area contributed by atoms with Crippen molar-refractivity contribution in [3.63, 3.8) is 0 Å². The minimum Gasteiger partial charge on any atom is -0.372 e. The Hall–Kier alpha value is -0.640. The first kappa shape index (κ1) is 9.90. The van der Waals surface area contributed by atoms with Gasteiger partial charge < -0.3 is 10.5 Å². The molecule has 14 heavy (non-hydrogen) atoms. The summed E-state index contributed by atoms with van der Waals surface area (Å²) in [6.45, 7) is 0.875. The summed E-state index contributed by atoms with van der Waals surface area (Å²) >= 11 is 5.70. The lowest BCUT2D eigenvalue weighted by Crippen LogP contribution is -2.24. The minimum atomic E-state index is -0.390. The molecule has 0 saturated carbocycles. The number of halogens is 2. The van der Waals surface area contributed by atoms with E-state index in [0.29, 0.717) is 12.2 Å². The van der Waals surface area contributed by atoms with Crippen LogP contribution in [-0.2, 0) is 11.2 Å². The summed E-state index contributed by atoms with van der Waals surface area (Å²) in [6.07, 6.45) is 0.373. The van der Waals surface area contributed by atoms with Gasteiger partial charge in [-0.05, 0) is 18.1 Å². The Labute approximate surface area is 86.8 Å². The number of hydrogen-bond donors (Lipinski definition) is 1. The predicted molar refractivity (Wildman–Crippen MR) is 52.9 cm³/mol. The van der Waals surface area contributed by atoms with Gasteiger partial charge in [-0.1, -0.05) is 17.7 Å². The third-order valence-electron chi connectivity index (χ3n) is 2.45. The maximum Gasteiger partial charge on any atom is 0.147 e. The lowest BCUT2D eigenvalue weighted by atomic mass is 9.97. The van der Waals surface area contributed by atoms with Crippen LogP contribution in [-0.4, -0.2) is 13.2 Å². The highest BCUT2D eigenvalue weighted by molar-refractivity contribution is 6.30. The summed E-state index contributed by atoms with van der Waals surface area (Å²) in [5.74, 6) is -0.390. The van der Waals surface area contributed by atoms with Crippen molar-refractivity contribution in [1.82, 2.24) is 0 Å². The molecule has 0 aromatic heterocycles. The molecule has 0 bridgehead atoms. The van der Waals surface area contributed by atoms with Gasteiger partial charge in [0.1, 0.15) is 5.82 Å². The summed E-state index contributed by atoms with van der Waals surface area (Å²) < 4.78 is 19.0. The van der Waals surface area contributed by atoms with Gasteiger partial charge >= 0.3 is 0 Å². The van der Waals surface area contributed by atoms with Crippen LogP contribution in [0.25, 0.3) is 0 Å². The average Bonchev–Trinajstić information content (AvgIpc) is 2.23. The van der Waals surface area contributed by atoms with Crippen LogP contribution >= 0.6 is 11.6 Å². The molecular weight excluding hydrogens is 205 g/mol. The van der Waals surface area contributed by atoms with Gasteiger partial charge in [0.2, 0.25) is 0 Å². The van der Waals surface area contributed by atoms with Gasteiger partial charge in [-0.3, -0.25) is 0 Å². The molecule has 1 aromatic carbocycles. The molecule has 1 aromatic rings. The summed E-state index contributed by atoms with van der Waals surface area (Å²) in [4.78, 5) is 0. The molecule has 0 saturated heterocycles. The van der Waals surface area contributed by atoms with E-state index >= 15 is 0 Å². The molecule has 0 unspecified atom stereocenters. The van der Waals surface area contributed by atoms with Gasteiger partial charge in [0.25, 0.3) is 0 Å². The van der Waals surface area contributed by atoms with Crippen molar-refractivity contribution in [3.05, 3.63) is 34.1 Å². The molecular formula is C10H11ClFNO. The Morgan fingerprint density at radius 3 is 3.07 bits per heavy atom. The number of nitrogens with two attached hydrogens (primary N) is 1. The molecule has 1 heterocycles. The van der Waals surface area contributed by atoms with Gasteiger partial charge in [0.05, 0.1) is 17.7 Å². The lowest BCUT2D eigenvalue weighted by molar-refractivity contribution is 0.0456. The van der Waals surface area contributed by atoms with E-state index in [4.69, 9.17) is 22.1 Å². The van der Waals surface area contributed by atoms with Crippen molar-refractivity contribution in [1.29, 1.82) is 0 Å². The number of rotatable bonds is 1. The zero-order chi connectivity index (χ0) is 10.1. The molecule has 0 aliphatic carbocycles. The maximum atomic E-state index is 13.7. The second-order valence-electron chi connectivity index (χ2n) is 3.28. The van der Waals surface area contributed by atoms with E-state index in [9.17, 15) is 4.39 Å². The monoisotopic (exact) mass is 215 g/mol. The SMILES string of the molecule is NC[C@@H]1OCCc2ccc(Cl)c(F)c21. The van der Waals surface area contributed by atoms with Crippen molar-refractivity contribution >= 4 is 11.6 Å². The van der Waals surface area contributed by atoms with Gasteiger partial charge in [-0.25, -0.2) is 4.39 Å². The predicted octanol–water partition coefficient (Wildman–Crippen LogP) is 2.05. The molecule has 1 atom stereocenters. The van der Waals surface area contributed by atoms with E-state index in [1.54, 1.807) is 6.07 Å². The number of hydrogen-bond acceptors (Lipinski definition) is 2. The molecule has 2 nitrogen and oxygen atoms in total. The first-order valence-electron chi connectivity index (χ1n) is 4.52. The lowest BCUT2D eigenvalue weighted by Gasteiger charge is -2.25. The number of ether oxygens (including phenoxy) is 1. The average molecular weight is 216 g/mol. The minimum absolute atomic E-state index is 0.132. The van der Waals surface area contributed by atoms with Crippen molar-refractivity contribution in [2.24, 2.45) is 5.73 Å². The van der Waals surface area contributed by atoms with Crippen LogP contribution in [0.2, 0.25) is 5.02 Å². The molecule has 0 radical (unpaired) electrons. The first-order chi connectivity index (χ1) is 6.74. The second kappa shape index (κ2) is 3.85. The topological polar surface area (TPSA) is 35.2 Å². The smallest absolute Gasteiger partial charge is 0.147 e. The molecule has 1 aliphatic heterocycles. The molecule has 0 spiro atoms. The highest BCUT2D eigenvalue weighted by Crippen LogP contribution is 2.32. The largest absolute Gasteiger partial charge is 0.372 e. The molecule has 0 amide bonds. The summed E-state index contributed by atoms with van der Waals surface area (Å²) in [5.41, 5.74) is 6.99. The molecule has 1 aliphatic rings. The van der Waals surface area contributed by atoms with Gasteiger partial charge in [0.15, 0.2) is 0 Å².